The maximum absolute atomic E-state index is 6.54. The Labute approximate surface area is 191 Å². The molecule has 4 aromatic carbocycles. The molecule has 0 aromatic heterocycles. The van der Waals surface area contributed by atoms with Crippen molar-refractivity contribution in [1.82, 2.24) is 0 Å². The Morgan fingerprint density at radius 2 is 0.750 bits per heavy atom. The molecule has 0 aliphatic heterocycles. The molecule has 2 nitrogen and oxygen atoms in total. The van der Waals surface area contributed by atoms with Crippen LogP contribution in [0, 0.1) is 13.8 Å². The lowest BCUT2D eigenvalue weighted by Crippen LogP contribution is -2.21. The van der Waals surface area contributed by atoms with Gasteiger partial charge in [0.25, 0.3) is 0 Å². The summed E-state index contributed by atoms with van der Waals surface area (Å²) < 4.78 is 13.1. The summed E-state index contributed by atoms with van der Waals surface area (Å²) >= 11 is 0. The van der Waals surface area contributed by atoms with E-state index in [2.05, 4.69) is 86.6 Å². The average molecular weight is 423 g/mol. The van der Waals surface area contributed by atoms with Crippen molar-refractivity contribution in [2.24, 2.45) is 0 Å². The monoisotopic (exact) mass is 422 g/mol. The molecule has 0 aliphatic rings. The molecular weight excluding hydrogens is 392 g/mol. The number of hydrogen-bond donors (Lipinski definition) is 0. The van der Waals surface area contributed by atoms with Crippen LogP contribution in [0.2, 0.25) is 0 Å². The van der Waals surface area contributed by atoms with Crippen LogP contribution in [0.15, 0.2) is 109 Å². The lowest BCUT2D eigenvalue weighted by atomic mass is 10.00. The minimum Gasteiger partial charge on any atom is -0.340 e. The van der Waals surface area contributed by atoms with Gasteiger partial charge in [-0.15, -0.1) is 0 Å². The van der Waals surface area contributed by atoms with Crippen molar-refractivity contribution in [3.8, 4) is 0 Å². The first-order chi connectivity index (χ1) is 15.6. The van der Waals surface area contributed by atoms with Crippen LogP contribution in [-0.4, -0.2) is 6.29 Å². The van der Waals surface area contributed by atoms with Crippen molar-refractivity contribution in [3.63, 3.8) is 0 Å². The Morgan fingerprint density at radius 3 is 1.09 bits per heavy atom. The smallest absolute Gasteiger partial charge is 0.157 e. The van der Waals surface area contributed by atoms with Gasteiger partial charge in [-0.1, -0.05) is 120 Å². The van der Waals surface area contributed by atoms with Gasteiger partial charge in [0.15, 0.2) is 6.29 Å². The molecule has 4 aromatic rings. The van der Waals surface area contributed by atoms with Crippen LogP contribution in [0.1, 0.15) is 52.5 Å². The van der Waals surface area contributed by atoms with Gasteiger partial charge in [-0.2, -0.15) is 0 Å². The van der Waals surface area contributed by atoms with E-state index in [1.165, 1.54) is 11.1 Å². The third-order valence-electron chi connectivity index (χ3n) is 5.62. The highest BCUT2D eigenvalue weighted by atomic mass is 16.7. The third kappa shape index (κ3) is 5.53. The molecule has 2 atom stereocenters. The maximum atomic E-state index is 6.54. The summed E-state index contributed by atoms with van der Waals surface area (Å²) in [5.41, 5.74) is 6.91. The van der Waals surface area contributed by atoms with E-state index in [0.29, 0.717) is 0 Å². The van der Waals surface area contributed by atoms with Gasteiger partial charge in [0.05, 0.1) is 0 Å². The summed E-state index contributed by atoms with van der Waals surface area (Å²) in [5.74, 6) is 0. The molecule has 2 heteroatoms. The molecule has 0 saturated heterocycles. The Morgan fingerprint density at radius 1 is 0.438 bits per heavy atom. The molecule has 0 fully saturated rings. The van der Waals surface area contributed by atoms with E-state index in [9.17, 15) is 0 Å². The van der Waals surface area contributed by atoms with E-state index in [1.807, 2.05) is 43.3 Å². The first-order valence-electron chi connectivity index (χ1n) is 11.1. The molecule has 32 heavy (non-hydrogen) atoms. The minimum atomic E-state index is -0.423. The fourth-order valence-electron chi connectivity index (χ4n) is 3.85. The zero-order valence-corrected chi connectivity index (χ0v) is 18.9. The fourth-order valence-corrected chi connectivity index (χ4v) is 3.85. The highest BCUT2D eigenvalue weighted by Gasteiger charge is 2.23. The first kappa shape index (κ1) is 22.0. The van der Waals surface area contributed by atoms with Gasteiger partial charge in [0.2, 0.25) is 0 Å². The van der Waals surface area contributed by atoms with E-state index in [-0.39, 0.29) is 12.2 Å². The normalized spacial score (nSPS) is 14.0. The van der Waals surface area contributed by atoms with Crippen LogP contribution in [-0.2, 0) is 9.47 Å². The highest BCUT2D eigenvalue weighted by Crippen LogP contribution is 2.32. The van der Waals surface area contributed by atoms with Crippen LogP contribution in [0.3, 0.4) is 0 Å². The molecule has 0 saturated carbocycles. The van der Waals surface area contributed by atoms with Gasteiger partial charge in [-0.3, -0.25) is 0 Å². The van der Waals surface area contributed by atoms with E-state index in [4.69, 9.17) is 9.47 Å². The number of benzene rings is 4. The Kier molecular flexibility index (Phi) is 7.16. The molecule has 0 N–H and O–H groups in total. The van der Waals surface area contributed by atoms with Crippen molar-refractivity contribution < 1.29 is 9.47 Å². The lowest BCUT2D eigenvalue weighted by molar-refractivity contribution is -0.171. The van der Waals surface area contributed by atoms with Crippen molar-refractivity contribution in [1.29, 1.82) is 0 Å². The molecule has 0 amide bonds. The standard InChI is InChI=1S/C30H30O2/c1-22-14-18-27(19-15-22)29(25-10-6-4-7-11-25)31-24(3)32-30(26-12-8-5-9-13-26)28-20-16-23(2)17-21-28/h4-21,24,29-30H,1-3H3. The zero-order valence-electron chi connectivity index (χ0n) is 18.9. The first-order valence-corrected chi connectivity index (χ1v) is 11.1. The molecule has 0 radical (unpaired) electrons. The van der Waals surface area contributed by atoms with Gasteiger partial charge in [-0.25, -0.2) is 0 Å². The maximum Gasteiger partial charge on any atom is 0.157 e. The average Bonchev–Trinajstić information content (AvgIpc) is 2.83. The van der Waals surface area contributed by atoms with Crippen molar-refractivity contribution in [2.75, 3.05) is 0 Å². The van der Waals surface area contributed by atoms with Crippen LogP contribution >= 0.6 is 0 Å². The quantitative estimate of drug-likeness (QED) is 0.273. The number of rotatable bonds is 8. The minimum absolute atomic E-state index is 0.207. The zero-order chi connectivity index (χ0) is 22.3. The summed E-state index contributed by atoms with van der Waals surface area (Å²) in [6.07, 6.45) is -0.837. The van der Waals surface area contributed by atoms with Crippen LogP contribution in [0.4, 0.5) is 0 Å². The molecule has 4 rings (SSSR count). The van der Waals surface area contributed by atoms with E-state index >= 15 is 0 Å². The number of aryl methyl sites for hydroxylation is 2. The second-order valence-electron chi connectivity index (χ2n) is 8.24. The number of ether oxygens (including phenoxy) is 2. The van der Waals surface area contributed by atoms with Crippen LogP contribution < -0.4 is 0 Å². The summed E-state index contributed by atoms with van der Waals surface area (Å²) in [7, 11) is 0. The van der Waals surface area contributed by atoms with Crippen molar-refractivity contribution in [2.45, 2.75) is 39.3 Å². The summed E-state index contributed by atoms with van der Waals surface area (Å²) in [6.45, 7) is 6.17. The van der Waals surface area contributed by atoms with E-state index in [1.54, 1.807) is 0 Å². The largest absolute Gasteiger partial charge is 0.340 e. The predicted octanol–water partition coefficient (Wildman–Crippen LogP) is 7.56. The topological polar surface area (TPSA) is 18.5 Å². The number of hydrogen-bond acceptors (Lipinski definition) is 2. The second-order valence-corrected chi connectivity index (χ2v) is 8.24. The Balaban J connectivity index is 1.60. The second kappa shape index (κ2) is 10.4. The predicted molar refractivity (Wildman–Crippen MR) is 131 cm³/mol. The highest BCUT2D eigenvalue weighted by molar-refractivity contribution is 5.33. The fraction of sp³-hybridized carbons (Fsp3) is 0.200. The summed E-state index contributed by atoms with van der Waals surface area (Å²) in [6, 6.07) is 37.7. The van der Waals surface area contributed by atoms with E-state index < -0.39 is 6.29 Å². The molecule has 0 aliphatic carbocycles. The Bertz CT molecular complexity index is 996. The molecule has 2 unspecified atom stereocenters. The molecule has 0 spiro atoms. The Hall–Kier alpha value is -3.20. The van der Waals surface area contributed by atoms with Crippen LogP contribution in [0.25, 0.3) is 0 Å². The van der Waals surface area contributed by atoms with Crippen LogP contribution in [0.5, 0.6) is 0 Å². The summed E-state index contributed by atoms with van der Waals surface area (Å²) in [5, 5.41) is 0. The lowest BCUT2D eigenvalue weighted by Gasteiger charge is -2.28. The van der Waals surface area contributed by atoms with Gasteiger partial charge >= 0.3 is 0 Å². The van der Waals surface area contributed by atoms with Gasteiger partial charge < -0.3 is 9.47 Å². The molecule has 0 bridgehead atoms. The SMILES string of the molecule is Cc1ccc(C(OC(C)OC(c2ccccc2)c2ccc(C)cc2)c2ccccc2)cc1. The van der Waals surface area contributed by atoms with Gasteiger partial charge in [0.1, 0.15) is 12.2 Å². The molecule has 162 valence electrons. The van der Waals surface area contributed by atoms with Gasteiger partial charge in [-0.05, 0) is 43.0 Å². The van der Waals surface area contributed by atoms with Crippen molar-refractivity contribution in [3.05, 3.63) is 143 Å². The van der Waals surface area contributed by atoms with Gasteiger partial charge in [0, 0.05) is 0 Å². The summed E-state index contributed by atoms with van der Waals surface area (Å²) in [4.78, 5) is 0. The van der Waals surface area contributed by atoms with Crippen molar-refractivity contribution >= 4 is 0 Å². The molecule has 0 heterocycles. The van der Waals surface area contributed by atoms with E-state index in [0.717, 1.165) is 22.3 Å². The third-order valence-corrected chi connectivity index (χ3v) is 5.62. The molecular formula is C30H30O2.